The second-order valence-electron chi connectivity index (χ2n) is 5.67. The minimum Gasteiger partial charge on any atom is -0.493 e. The molecule has 0 radical (unpaired) electrons. The van der Waals surface area contributed by atoms with E-state index >= 15 is 0 Å². The summed E-state index contributed by atoms with van der Waals surface area (Å²) in [4.78, 5) is 9.07. The van der Waals surface area contributed by atoms with Gasteiger partial charge in [-0.15, -0.1) is 0 Å². The number of aromatic amines is 1. The normalized spacial score (nSPS) is 10.9. The molecule has 0 fully saturated rings. The average molecular weight is 350 g/mol. The smallest absolute Gasteiger partial charge is 0.224 e. The third kappa shape index (κ3) is 2.71. The van der Waals surface area contributed by atoms with Crippen LogP contribution in [0.2, 0.25) is 0 Å². The van der Waals surface area contributed by atoms with Crippen LogP contribution in [0.25, 0.3) is 21.8 Å². The minimum atomic E-state index is 0.511. The van der Waals surface area contributed by atoms with Crippen molar-refractivity contribution in [2.75, 3.05) is 31.9 Å². The Balaban J connectivity index is 1.85. The van der Waals surface area contributed by atoms with E-state index in [4.69, 9.17) is 9.47 Å². The number of nitrogens with zero attached hydrogens (tertiary/aromatic N) is 3. The van der Waals surface area contributed by atoms with Crippen LogP contribution < -0.4 is 20.1 Å². The van der Waals surface area contributed by atoms with Crippen LogP contribution in [-0.2, 0) is 0 Å². The molecule has 0 aliphatic heterocycles. The summed E-state index contributed by atoms with van der Waals surface area (Å²) in [7, 11) is 4.98. The predicted molar refractivity (Wildman–Crippen MR) is 102 cm³/mol. The highest BCUT2D eigenvalue weighted by Gasteiger charge is 2.13. The van der Waals surface area contributed by atoms with Gasteiger partial charge >= 0.3 is 0 Å². The lowest BCUT2D eigenvalue weighted by Gasteiger charge is -2.14. The van der Waals surface area contributed by atoms with E-state index in [-0.39, 0.29) is 0 Å². The van der Waals surface area contributed by atoms with Crippen LogP contribution in [0.3, 0.4) is 0 Å². The molecule has 0 atom stereocenters. The number of nitrogens with one attached hydrogen (secondary N) is 3. The van der Waals surface area contributed by atoms with E-state index in [1.54, 1.807) is 27.5 Å². The average Bonchev–Trinajstić information content (AvgIpc) is 3.14. The molecule has 8 heteroatoms. The number of H-pyrrole nitrogens is 1. The van der Waals surface area contributed by atoms with Gasteiger partial charge in [0.25, 0.3) is 0 Å². The lowest BCUT2D eigenvalue weighted by Crippen LogP contribution is -2.03. The predicted octanol–water partition coefficient (Wildman–Crippen LogP) is 3.31. The highest BCUT2D eigenvalue weighted by molar-refractivity contribution is 5.95. The van der Waals surface area contributed by atoms with Crippen LogP contribution >= 0.6 is 0 Å². The molecular weight excluding hydrogens is 332 g/mol. The zero-order chi connectivity index (χ0) is 18.1. The molecule has 0 aliphatic carbocycles. The second kappa shape index (κ2) is 6.40. The first kappa shape index (κ1) is 15.9. The summed E-state index contributed by atoms with van der Waals surface area (Å²) in [5.41, 5.74) is 2.62. The van der Waals surface area contributed by atoms with Gasteiger partial charge in [-0.05, 0) is 24.3 Å². The number of aromatic nitrogens is 4. The summed E-state index contributed by atoms with van der Waals surface area (Å²) < 4.78 is 10.8. The van der Waals surface area contributed by atoms with Crippen LogP contribution in [0.15, 0.2) is 36.5 Å². The van der Waals surface area contributed by atoms with Gasteiger partial charge in [-0.25, -0.2) is 4.98 Å². The van der Waals surface area contributed by atoms with Crippen molar-refractivity contribution in [1.29, 1.82) is 0 Å². The maximum Gasteiger partial charge on any atom is 0.224 e. The van der Waals surface area contributed by atoms with Crippen molar-refractivity contribution in [3.8, 4) is 11.5 Å². The molecule has 2 aromatic heterocycles. The summed E-state index contributed by atoms with van der Waals surface area (Å²) in [5.74, 6) is 2.42. The third-order valence-corrected chi connectivity index (χ3v) is 4.13. The zero-order valence-corrected chi connectivity index (χ0v) is 14.6. The number of fused-ring (bicyclic) bond motifs is 2. The Bertz CT molecular complexity index is 1090. The van der Waals surface area contributed by atoms with Crippen LogP contribution in [-0.4, -0.2) is 41.4 Å². The van der Waals surface area contributed by atoms with E-state index < -0.39 is 0 Å². The van der Waals surface area contributed by atoms with Gasteiger partial charge in [0.1, 0.15) is 5.82 Å². The summed E-state index contributed by atoms with van der Waals surface area (Å²) in [6.45, 7) is 0. The molecule has 0 saturated carbocycles. The zero-order valence-electron chi connectivity index (χ0n) is 14.6. The third-order valence-electron chi connectivity index (χ3n) is 4.13. The molecule has 0 bridgehead atoms. The Hall–Kier alpha value is -3.55. The van der Waals surface area contributed by atoms with Gasteiger partial charge in [0.2, 0.25) is 5.95 Å². The summed E-state index contributed by atoms with van der Waals surface area (Å²) in [5, 5.41) is 15.2. The lowest BCUT2D eigenvalue weighted by atomic mass is 10.2. The fraction of sp³-hybridized carbons (Fsp3) is 0.167. The van der Waals surface area contributed by atoms with Gasteiger partial charge < -0.3 is 20.1 Å². The molecule has 8 nitrogen and oxygen atoms in total. The highest BCUT2D eigenvalue weighted by atomic mass is 16.5. The molecule has 3 N–H and O–H groups in total. The number of benzene rings is 2. The first-order valence-corrected chi connectivity index (χ1v) is 8.03. The van der Waals surface area contributed by atoms with Gasteiger partial charge in [-0.2, -0.15) is 10.1 Å². The Morgan fingerprint density at radius 2 is 1.81 bits per heavy atom. The number of rotatable bonds is 5. The molecular formula is C18H18N6O2. The molecule has 0 aliphatic rings. The van der Waals surface area contributed by atoms with E-state index in [0.29, 0.717) is 23.3 Å². The lowest BCUT2D eigenvalue weighted by molar-refractivity contribution is 0.356. The molecule has 0 spiro atoms. The maximum atomic E-state index is 5.42. The van der Waals surface area contributed by atoms with Crippen molar-refractivity contribution in [3.05, 3.63) is 36.5 Å². The topological polar surface area (TPSA) is 97.0 Å². The summed E-state index contributed by atoms with van der Waals surface area (Å²) in [6.07, 6.45) is 1.78. The van der Waals surface area contributed by atoms with Crippen molar-refractivity contribution in [3.63, 3.8) is 0 Å². The first-order chi connectivity index (χ1) is 12.7. The Morgan fingerprint density at radius 1 is 1.00 bits per heavy atom. The van der Waals surface area contributed by atoms with E-state index in [1.165, 1.54) is 0 Å². The number of methoxy groups -OCH3 is 2. The van der Waals surface area contributed by atoms with E-state index in [1.807, 2.05) is 30.3 Å². The number of hydrogen-bond donors (Lipinski definition) is 3. The number of ether oxygens (including phenoxy) is 2. The highest BCUT2D eigenvalue weighted by Crippen LogP contribution is 2.35. The summed E-state index contributed by atoms with van der Waals surface area (Å²) in [6, 6.07) is 9.64. The van der Waals surface area contributed by atoms with Crippen molar-refractivity contribution >= 4 is 39.3 Å². The first-order valence-electron chi connectivity index (χ1n) is 8.03. The fourth-order valence-electron chi connectivity index (χ4n) is 2.82. The molecule has 132 valence electrons. The molecule has 0 saturated heterocycles. The maximum absolute atomic E-state index is 5.42. The van der Waals surface area contributed by atoms with Crippen LogP contribution in [0.5, 0.6) is 11.5 Å². The monoisotopic (exact) mass is 350 g/mol. The molecule has 2 aromatic carbocycles. The van der Waals surface area contributed by atoms with Crippen molar-refractivity contribution in [2.24, 2.45) is 0 Å². The summed E-state index contributed by atoms with van der Waals surface area (Å²) >= 11 is 0. The molecule has 4 rings (SSSR count). The largest absolute Gasteiger partial charge is 0.493 e. The fourth-order valence-corrected chi connectivity index (χ4v) is 2.82. The Morgan fingerprint density at radius 3 is 2.58 bits per heavy atom. The minimum absolute atomic E-state index is 0.511. The van der Waals surface area contributed by atoms with Gasteiger partial charge in [-0.1, -0.05) is 0 Å². The molecule has 0 amide bonds. The Kier molecular flexibility index (Phi) is 3.92. The van der Waals surface area contributed by atoms with E-state index in [0.717, 1.165) is 27.5 Å². The van der Waals surface area contributed by atoms with Crippen molar-refractivity contribution in [1.82, 2.24) is 20.2 Å². The SMILES string of the molecule is CNc1nc(Nc2ccc3[nH]ncc3c2)c2cc(OC)c(OC)cc2n1. The van der Waals surface area contributed by atoms with Crippen LogP contribution in [0.4, 0.5) is 17.5 Å². The van der Waals surface area contributed by atoms with Crippen LogP contribution in [0.1, 0.15) is 0 Å². The van der Waals surface area contributed by atoms with Gasteiger partial charge in [0, 0.05) is 29.6 Å². The number of hydrogen-bond acceptors (Lipinski definition) is 7. The molecule has 4 aromatic rings. The standard InChI is InChI=1S/C18H18N6O2/c1-19-18-22-14-8-16(26-3)15(25-2)7-12(14)17(23-18)21-11-4-5-13-10(6-11)9-20-24-13/h4-9H,1-3H3,(H,20,24)(H2,19,21,22,23). The van der Waals surface area contributed by atoms with Crippen LogP contribution in [0, 0.1) is 0 Å². The molecule has 2 heterocycles. The second-order valence-corrected chi connectivity index (χ2v) is 5.67. The van der Waals surface area contributed by atoms with Gasteiger partial charge in [0.05, 0.1) is 31.4 Å². The van der Waals surface area contributed by atoms with E-state index in [9.17, 15) is 0 Å². The van der Waals surface area contributed by atoms with Gasteiger partial charge in [-0.3, -0.25) is 5.10 Å². The Labute approximate surface area is 149 Å². The molecule has 0 unspecified atom stereocenters. The van der Waals surface area contributed by atoms with E-state index in [2.05, 4.69) is 30.8 Å². The van der Waals surface area contributed by atoms with Crippen molar-refractivity contribution < 1.29 is 9.47 Å². The van der Waals surface area contributed by atoms with Gasteiger partial charge in [0.15, 0.2) is 11.5 Å². The molecule has 26 heavy (non-hydrogen) atoms. The quantitative estimate of drug-likeness (QED) is 0.508. The number of anilines is 3. The van der Waals surface area contributed by atoms with Crippen molar-refractivity contribution in [2.45, 2.75) is 0 Å².